The average Bonchev–Trinajstić information content (AvgIpc) is 2.03. The number of hydrogen-bond acceptors (Lipinski definition) is 0. The largest absolute Gasteiger partial charge is 0.416 e. The highest BCUT2D eigenvalue weighted by Crippen LogP contribution is 2.29. The summed E-state index contributed by atoms with van der Waals surface area (Å²) in [5, 5.41) is 0. The maximum atomic E-state index is 12.1. The van der Waals surface area contributed by atoms with Crippen LogP contribution >= 0.6 is 0 Å². The molecule has 72 valence electrons. The minimum Gasteiger partial charge on any atom is -0.166 e. The van der Waals surface area contributed by atoms with Gasteiger partial charge in [0.1, 0.15) is 0 Å². The van der Waals surface area contributed by atoms with Gasteiger partial charge in [0.2, 0.25) is 0 Å². The molecule has 0 aliphatic heterocycles. The molecule has 0 aliphatic rings. The first-order valence-electron chi connectivity index (χ1n) is 4.08. The van der Waals surface area contributed by atoms with Crippen molar-refractivity contribution in [1.82, 2.24) is 0 Å². The van der Waals surface area contributed by atoms with Crippen molar-refractivity contribution in [3.8, 4) is 0 Å². The van der Waals surface area contributed by atoms with Gasteiger partial charge in [0, 0.05) is 10.2 Å². The summed E-state index contributed by atoms with van der Waals surface area (Å²) in [5.41, 5.74) is 0.820. The zero-order chi connectivity index (χ0) is 10.1. The Morgan fingerprint density at radius 2 is 1.62 bits per heavy atom. The maximum Gasteiger partial charge on any atom is 0.416 e. The average molecular weight is 204 g/mol. The Bertz CT molecular complexity index is 274. The lowest BCUT2D eigenvalue weighted by Gasteiger charge is -2.09. The molecule has 0 fully saturated rings. The maximum absolute atomic E-state index is 12.1. The normalized spacial score (nSPS) is 14.5. The lowest BCUT2D eigenvalue weighted by Crippen LogP contribution is -2.04. The zero-order valence-electron chi connectivity index (χ0n) is 7.52. The lowest BCUT2D eigenvalue weighted by atomic mass is 10.1. The summed E-state index contributed by atoms with van der Waals surface area (Å²) in [4.78, 5) is 0. The first-order valence-corrected chi connectivity index (χ1v) is 5.24. The van der Waals surface area contributed by atoms with E-state index >= 15 is 0 Å². The van der Waals surface area contributed by atoms with Crippen molar-refractivity contribution in [1.29, 1.82) is 0 Å². The Hall–Kier alpha value is -0.773. The van der Waals surface area contributed by atoms with E-state index in [1.54, 1.807) is 12.1 Å². The molecule has 4 heteroatoms. The third-order valence-corrected chi connectivity index (χ3v) is 2.57. The molecule has 1 atom stereocenters. The summed E-state index contributed by atoms with van der Waals surface area (Å²) in [6.45, 7) is 2.01. The zero-order valence-corrected chi connectivity index (χ0v) is 9.52. The highest BCUT2D eigenvalue weighted by Gasteiger charge is 2.29. The Morgan fingerprint density at radius 3 is 1.92 bits per heavy atom. The molecule has 1 aromatic carbocycles. The monoisotopic (exact) mass is 204 g/mol. The van der Waals surface area contributed by atoms with E-state index in [0.29, 0.717) is 5.54 Å². The predicted octanol–water partition coefficient (Wildman–Crippen LogP) is 2.13. The summed E-state index contributed by atoms with van der Waals surface area (Å²) in [7, 11) is 0.962. The second kappa shape index (κ2) is 3.53. The molecule has 0 nitrogen and oxygen atoms in total. The van der Waals surface area contributed by atoms with Gasteiger partial charge in [0.15, 0.2) is 0 Å². The van der Waals surface area contributed by atoms with Crippen LogP contribution in [0.2, 0.25) is 0 Å². The number of benzene rings is 1. The molecule has 0 N–H and O–H groups in total. The van der Waals surface area contributed by atoms with Crippen LogP contribution in [0.4, 0.5) is 13.2 Å². The molecule has 0 amide bonds. The fourth-order valence-corrected chi connectivity index (χ4v) is 1.44. The van der Waals surface area contributed by atoms with Crippen molar-refractivity contribution in [2.45, 2.75) is 18.6 Å². The van der Waals surface area contributed by atoms with Gasteiger partial charge in [-0.3, -0.25) is 0 Å². The van der Waals surface area contributed by atoms with Gasteiger partial charge in [0.25, 0.3) is 0 Å². The second-order valence-electron chi connectivity index (χ2n) is 3.27. The van der Waals surface area contributed by atoms with Crippen LogP contribution in [-0.2, 0) is 6.18 Å². The summed E-state index contributed by atoms with van der Waals surface area (Å²) < 4.78 is 36.4. The van der Waals surface area contributed by atoms with E-state index in [-0.39, 0.29) is 0 Å². The number of hydrogen-bond donors (Lipinski definition) is 0. The summed E-state index contributed by atoms with van der Waals surface area (Å²) >= 11 is 0. The molecule has 0 saturated carbocycles. The molecule has 1 unspecified atom stereocenters. The Balaban J connectivity index is 2.94. The molecule has 0 saturated heterocycles. The van der Waals surface area contributed by atoms with Crippen LogP contribution in [0, 0.1) is 0 Å². The van der Waals surface area contributed by atoms with Crippen LogP contribution in [0.5, 0.6) is 0 Å². The van der Waals surface area contributed by atoms with Crippen LogP contribution in [0.15, 0.2) is 24.3 Å². The summed E-state index contributed by atoms with van der Waals surface area (Å²) in [5.74, 6) is 0. The van der Waals surface area contributed by atoms with Gasteiger partial charge in [-0.05, 0) is 23.2 Å². The van der Waals surface area contributed by atoms with E-state index in [1.165, 1.54) is 0 Å². The number of halogens is 3. The molecule has 0 aromatic heterocycles. The van der Waals surface area contributed by atoms with Crippen LogP contribution in [0.25, 0.3) is 0 Å². The molecular formula is C9H11F3Si. The van der Waals surface area contributed by atoms with E-state index in [1.807, 2.05) is 6.92 Å². The minimum atomic E-state index is -4.22. The van der Waals surface area contributed by atoms with E-state index < -0.39 is 11.7 Å². The molecule has 0 radical (unpaired) electrons. The van der Waals surface area contributed by atoms with Crippen LogP contribution in [-0.4, -0.2) is 10.2 Å². The molecular weight excluding hydrogens is 193 g/mol. The first kappa shape index (κ1) is 10.3. The van der Waals surface area contributed by atoms with Crippen molar-refractivity contribution in [2.24, 2.45) is 0 Å². The quantitative estimate of drug-likeness (QED) is 0.615. The van der Waals surface area contributed by atoms with E-state index in [9.17, 15) is 13.2 Å². The SMILES string of the molecule is CC([SiH3])c1ccc(C(F)(F)F)cc1. The number of rotatable bonds is 1. The molecule has 0 aliphatic carbocycles. The molecule has 0 heterocycles. The van der Waals surface area contributed by atoms with Gasteiger partial charge in [-0.2, -0.15) is 13.2 Å². The van der Waals surface area contributed by atoms with Gasteiger partial charge in [0.05, 0.1) is 5.56 Å². The third-order valence-electron chi connectivity index (χ3n) is 1.90. The third kappa shape index (κ3) is 2.59. The van der Waals surface area contributed by atoms with E-state index in [2.05, 4.69) is 0 Å². The topological polar surface area (TPSA) is 0 Å². The summed E-state index contributed by atoms with van der Waals surface area (Å²) in [6.07, 6.45) is -4.22. The Labute approximate surface area is 78.2 Å². The van der Waals surface area contributed by atoms with Crippen molar-refractivity contribution >= 4 is 10.2 Å². The molecule has 13 heavy (non-hydrogen) atoms. The minimum absolute atomic E-state index is 0.405. The van der Waals surface area contributed by atoms with E-state index in [0.717, 1.165) is 27.9 Å². The van der Waals surface area contributed by atoms with Gasteiger partial charge in [-0.1, -0.05) is 19.1 Å². The lowest BCUT2D eigenvalue weighted by molar-refractivity contribution is -0.137. The molecule has 0 spiro atoms. The smallest absolute Gasteiger partial charge is 0.166 e. The fraction of sp³-hybridized carbons (Fsp3) is 0.333. The van der Waals surface area contributed by atoms with Crippen molar-refractivity contribution < 1.29 is 13.2 Å². The summed E-state index contributed by atoms with van der Waals surface area (Å²) in [6, 6.07) is 5.40. The second-order valence-corrected chi connectivity index (χ2v) is 5.01. The predicted molar refractivity (Wildman–Crippen MR) is 49.8 cm³/mol. The Kier molecular flexibility index (Phi) is 2.80. The fourth-order valence-electron chi connectivity index (χ4n) is 1.06. The van der Waals surface area contributed by atoms with Crippen molar-refractivity contribution in [3.05, 3.63) is 35.4 Å². The molecule has 0 bridgehead atoms. The van der Waals surface area contributed by atoms with Crippen molar-refractivity contribution in [2.75, 3.05) is 0 Å². The van der Waals surface area contributed by atoms with Crippen molar-refractivity contribution in [3.63, 3.8) is 0 Å². The van der Waals surface area contributed by atoms with E-state index in [4.69, 9.17) is 0 Å². The number of alkyl halides is 3. The molecule has 1 rings (SSSR count). The van der Waals surface area contributed by atoms with Crippen LogP contribution in [0.1, 0.15) is 23.6 Å². The standard InChI is InChI=1S/C9H11F3Si/c1-6(13)7-2-4-8(5-3-7)9(10,11)12/h2-6H,1,13H3. The molecule has 1 aromatic rings. The van der Waals surface area contributed by atoms with Gasteiger partial charge >= 0.3 is 6.18 Å². The van der Waals surface area contributed by atoms with Gasteiger partial charge < -0.3 is 0 Å². The Morgan fingerprint density at radius 1 is 1.15 bits per heavy atom. The van der Waals surface area contributed by atoms with Gasteiger partial charge in [-0.25, -0.2) is 0 Å². The highest BCUT2D eigenvalue weighted by molar-refractivity contribution is 6.12. The highest BCUT2D eigenvalue weighted by atomic mass is 28.1. The van der Waals surface area contributed by atoms with Gasteiger partial charge in [-0.15, -0.1) is 0 Å². The first-order chi connectivity index (χ1) is 5.91. The van der Waals surface area contributed by atoms with Crippen LogP contribution < -0.4 is 0 Å². The van der Waals surface area contributed by atoms with Crippen LogP contribution in [0.3, 0.4) is 0 Å².